The second-order valence-corrected chi connectivity index (χ2v) is 7.35. The van der Waals surface area contributed by atoms with Gasteiger partial charge in [-0.15, -0.1) is 11.3 Å². The van der Waals surface area contributed by atoms with Crippen LogP contribution in [0.1, 0.15) is 16.3 Å². The summed E-state index contributed by atoms with van der Waals surface area (Å²) < 4.78 is 0. The molecule has 3 nitrogen and oxygen atoms in total. The molecule has 0 saturated heterocycles. The third-order valence-electron chi connectivity index (χ3n) is 4.15. The Kier molecular flexibility index (Phi) is 4.20. The van der Waals surface area contributed by atoms with Crippen molar-refractivity contribution in [1.29, 1.82) is 0 Å². The van der Waals surface area contributed by atoms with Crippen LogP contribution in [0.4, 0.5) is 5.82 Å². The third kappa shape index (κ3) is 3.39. The second-order valence-electron chi connectivity index (χ2n) is 6.11. The average molecular weight is 345 g/mol. The van der Waals surface area contributed by atoms with Crippen molar-refractivity contribution < 1.29 is 0 Å². The number of nitrogens with one attached hydrogen (secondary N) is 1. The summed E-state index contributed by atoms with van der Waals surface area (Å²) in [4.78, 5) is 11.4. The Morgan fingerprint density at radius 1 is 0.880 bits per heavy atom. The van der Waals surface area contributed by atoms with E-state index in [1.807, 2.05) is 13.0 Å². The number of rotatable bonds is 4. The minimum atomic E-state index is 0.746. The Morgan fingerprint density at radius 2 is 1.60 bits per heavy atom. The summed E-state index contributed by atoms with van der Waals surface area (Å²) in [7, 11) is 0. The van der Waals surface area contributed by atoms with Crippen LogP contribution in [0.5, 0.6) is 0 Å². The first-order chi connectivity index (χ1) is 12.2. The normalized spacial score (nSPS) is 11.0. The van der Waals surface area contributed by atoms with E-state index in [2.05, 4.69) is 76.8 Å². The molecule has 4 rings (SSSR count). The van der Waals surface area contributed by atoms with E-state index in [1.165, 1.54) is 21.6 Å². The minimum absolute atomic E-state index is 0.746. The van der Waals surface area contributed by atoms with E-state index in [-0.39, 0.29) is 0 Å². The zero-order valence-electron chi connectivity index (χ0n) is 14.3. The maximum absolute atomic E-state index is 4.58. The Hall–Kier alpha value is -2.72. The van der Waals surface area contributed by atoms with Gasteiger partial charge >= 0.3 is 0 Å². The van der Waals surface area contributed by atoms with Gasteiger partial charge in [-0.2, -0.15) is 0 Å². The Bertz CT molecular complexity index is 1000. The van der Waals surface area contributed by atoms with Crippen LogP contribution in [0.15, 0.2) is 60.7 Å². The predicted octanol–water partition coefficient (Wildman–Crippen LogP) is 5.59. The van der Waals surface area contributed by atoms with Gasteiger partial charge in [-0.3, -0.25) is 0 Å². The van der Waals surface area contributed by atoms with Gasteiger partial charge in [0.05, 0.1) is 5.39 Å². The lowest BCUT2D eigenvalue weighted by Crippen LogP contribution is -2.03. The van der Waals surface area contributed by atoms with E-state index in [1.54, 1.807) is 11.3 Å². The SMILES string of the molecule is Cc1nc(NCc2ccc(-c3ccccc3)cc2)c2cc(C)sc2n1. The number of thiophene rings is 1. The van der Waals surface area contributed by atoms with Gasteiger partial charge in [0.2, 0.25) is 0 Å². The topological polar surface area (TPSA) is 37.8 Å². The van der Waals surface area contributed by atoms with Gasteiger partial charge in [0.1, 0.15) is 16.5 Å². The zero-order valence-corrected chi connectivity index (χ0v) is 15.1. The number of nitrogens with zero attached hydrogens (tertiary/aromatic N) is 2. The summed E-state index contributed by atoms with van der Waals surface area (Å²) in [6.45, 7) is 4.79. The molecule has 4 heteroatoms. The van der Waals surface area contributed by atoms with E-state index in [4.69, 9.17) is 0 Å². The fourth-order valence-corrected chi connectivity index (χ4v) is 3.84. The highest BCUT2D eigenvalue weighted by molar-refractivity contribution is 7.18. The molecule has 2 aromatic heterocycles. The Labute approximate surface area is 151 Å². The second kappa shape index (κ2) is 6.65. The van der Waals surface area contributed by atoms with Crippen LogP contribution in [-0.4, -0.2) is 9.97 Å². The average Bonchev–Trinajstić information content (AvgIpc) is 3.01. The van der Waals surface area contributed by atoms with Crippen molar-refractivity contribution in [2.75, 3.05) is 5.32 Å². The lowest BCUT2D eigenvalue weighted by Gasteiger charge is -2.09. The lowest BCUT2D eigenvalue weighted by atomic mass is 10.0. The largest absolute Gasteiger partial charge is 0.365 e. The van der Waals surface area contributed by atoms with Crippen LogP contribution in [0, 0.1) is 13.8 Å². The van der Waals surface area contributed by atoms with Crippen molar-refractivity contribution in [3.05, 3.63) is 76.9 Å². The summed E-state index contributed by atoms with van der Waals surface area (Å²) in [6, 6.07) is 21.3. The molecule has 0 aliphatic heterocycles. The fourth-order valence-electron chi connectivity index (χ4n) is 2.91. The van der Waals surface area contributed by atoms with Crippen molar-refractivity contribution in [2.24, 2.45) is 0 Å². The number of anilines is 1. The number of aryl methyl sites for hydroxylation is 2. The van der Waals surface area contributed by atoms with Crippen LogP contribution in [0.2, 0.25) is 0 Å². The predicted molar refractivity (Wildman–Crippen MR) is 106 cm³/mol. The van der Waals surface area contributed by atoms with Gasteiger partial charge in [0.25, 0.3) is 0 Å². The molecule has 1 N–H and O–H groups in total. The molecule has 2 aromatic carbocycles. The van der Waals surface area contributed by atoms with Crippen molar-refractivity contribution in [3.8, 4) is 11.1 Å². The summed E-state index contributed by atoms with van der Waals surface area (Å²) in [5.74, 6) is 1.72. The number of aromatic nitrogens is 2. The molecule has 0 spiro atoms. The quantitative estimate of drug-likeness (QED) is 0.524. The van der Waals surface area contributed by atoms with Gasteiger partial charge in [-0.05, 0) is 36.6 Å². The molecule has 0 saturated carbocycles. The molecule has 0 amide bonds. The molecule has 0 bridgehead atoms. The van der Waals surface area contributed by atoms with Gasteiger partial charge in [-0.25, -0.2) is 9.97 Å². The molecule has 0 radical (unpaired) electrons. The molecule has 25 heavy (non-hydrogen) atoms. The summed E-state index contributed by atoms with van der Waals surface area (Å²) in [5.41, 5.74) is 3.71. The highest BCUT2D eigenvalue weighted by atomic mass is 32.1. The molecular formula is C21H19N3S. The first kappa shape index (κ1) is 15.8. The van der Waals surface area contributed by atoms with Crippen LogP contribution in [-0.2, 0) is 6.54 Å². The zero-order chi connectivity index (χ0) is 17.2. The monoisotopic (exact) mass is 345 g/mol. The lowest BCUT2D eigenvalue weighted by molar-refractivity contribution is 1.06. The maximum atomic E-state index is 4.58. The first-order valence-corrected chi connectivity index (χ1v) is 9.14. The Balaban J connectivity index is 1.54. The van der Waals surface area contributed by atoms with Gasteiger partial charge in [0, 0.05) is 11.4 Å². The van der Waals surface area contributed by atoms with E-state index >= 15 is 0 Å². The number of benzene rings is 2. The van der Waals surface area contributed by atoms with Gasteiger partial charge in [-0.1, -0.05) is 54.6 Å². The van der Waals surface area contributed by atoms with E-state index in [0.29, 0.717) is 0 Å². The molecular weight excluding hydrogens is 326 g/mol. The van der Waals surface area contributed by atoms with Crippen LogP contribution in [0.3, 0.4) is 0 Å². The molecule has 2 heterocycles. The van der Waals surface area contributed by atoms with E-state index in [0.717, 1.165) is 28.4 Å². The molecule has 124 valence electrons. The summed E-state index contributed by atoms with van der Waals surface area (Å²) in [6.07, 6.45) is 0. The molecule has 0 unspecified atom stereocenters. The minimum Gasteiger partial charge on any atom is -0.365 e. The fraction of sp³-hybridized carbons (Fsp3) is 0.143. The van der Waals surface area contributed by atoms with Crippen molar-refractivity contribution in [3.63, 3.8) is 0 Å². The van der Waals surface area contributed by atoms with E-state index in [9.17, 15) is 0 Å². The first-order valence-electron chi connectivity index (χ1n) is 8.32. The van der Waals surface area contributed by atoms with Crippen molar-refractivity contribution in [1.82, 2.24) is 9.97 Å². The molecule has 4 aromatic rings. The number of hydrogen-bond acceptors (Lipinski definition) is 4. The molecule has 0 fully saturated rings. The van der Waals surface area contributed by atoms with E-state index < -0.39 is 0 Å². The maximum Gasteiger partial charge on any atom is 0.138 e. The summed E-state index contributed by atoms with van der Waals surface area (Å²) in [5, 5.41) is 4.58. The highest BCUT2D eigenvalue weighted by Gasteiger charge is 2.08. The number of hydrogen-bond donors (Lipinski definition) is 1. The van der Waals surface area contributed by atoms with Crippen LogP contribution >= 0.6 is 11.3 Å². The molecule has 0 aliphatic carbocycles. The van der Waals surface area contributed by atoms with Gasteiger partial charge < -0.3 is 5.32 Å². The third-order valence-corrected chi connectivity index (χ3v) is 5.09. The van der Waals surface area contributed by atoms with Crippen molar-refractivity contribution >= 4 is 27.4 Å². The molecule has 0 atom stereocenters. The van der Waals surface area contributed by atoms with Crippen LogP contribution < -0.4 is 5.32 Å². The number of fused-ring (bicyclic) bond motifs is 1. The Morgan fingerprint density at radius 3 is 2.36 bits per heavy atom. The van der Waals surface area contributed by atoms with Crippen LogP contribution in [0.25, 0.3) is 21.3 Å². The molecule has 0 aliphatic rings. The standard InChI is InChI=1S/C21H19N3S/c1-14-12-19-20(23-15(2)24-21(19)25-14)22-13-16-8-10-18(11-9-16)17-6-4-3-5-7-17/h3-12H,13H2,1-2H3,(H,22,23,24). The smallest absolute Gasteiger partial charge is 0.138 e. The highest BCUT2D eigenvalue weighted by Crippen LogP contribution is 2.28. The summed E-state index contributed by atoms with van der Waals surface area (Å²) >= 11 is 1.71. The van der Waals surface area contributed by atoms with Crippen molar-refractivity contribution in [2.45, 2.75) is 20.4 Å². The van der Waals surface area contributed by atoms with Gasteiger partial charge in [0.15, 0.2) is 0 Å².